The van der Waals surface area contributed by atoms with Crippen molar-refractivity contribution in [2.45, 2.75) is 25.5 Å². The van der Waals surface area contributed by atoms with Crippen LogP contribution in [0.15, 0.2) is 24.3 Å². The third-order valence-electron chi connectivity index (χ3n) is 3.88. The van der Waals surface area contributed by atoms with Gasteiger partial charge in [-0.25, -0.2) is 0 Å². The third-order valence-corrected chi connectivity index (χ3v) is 3.88. The fraction of sp³-hybridized carbons (Fsp3) is 0.600. The van der Waals surface area contributed by atoms with Crippen molar-refractivity contribution in [2.24, 2.45) is 5.84 Å². The standard InChI is InChI=1S/C15H25N3O2/c1-3-18-7-8-20-15(11-18)14(17-16)10-12-5-4-6-13(9-12)19-2/h4-6,9,14-15,17H,3,7-8,10-11,16H2,1-2H3. The number of hydrazine groups is 1. The van der Waals surface area contributed by atoms with Crippen LogP contribution in [0, 0.1) is 0 Å². The van der Waals surface area contributed by atoms with E-state index in [4.69, 9.17) is 15.3 Å². The Morgan fingerprint density at radius 1 is 1.55 bits per heavy atom. The zero-order chi connectivity index (χ0) is 14.4. The van der Waals surface area contributed by atoms with Gasteiger partial charge in [0.2, 0.25) is 0 Å². The van der Waals surface area contributed by atoms with E-state index in [-0.39, 0.29) is 12.1 Å². The van der Waals surface area contributed by atoms with Gasteiger partial charge in [-0.2, -0.15) is 0 Å². The highest BCUT2D eigenvalue weighted by Gasteiger charge is 2.27. The maximum absolute atomic E-state index is 5.88. The quantitative estimate of drug-likeness (QED) is 0.595. The zero-order valence-corrected chi connectivity index (χ0v) is 12.3. The average molecular weight is 279 g/mol. The molecule has 1 heterocycles. The summed E-state index contributed by atoms with van der Waals surface area (Å²) in [4.78, 5) is 2.39. The van der Waals surface area contributed by atoms with Gasteiger partial charge in [0.05, 0.1) is 25.9 Å². The molecule has 3 N–H and O–H groups in total. The Labute approximate surface area is 121 Å². The molecular formula is C15H25N3O2. The number of morpholine rings is 1. The number of methoxy groups -OCH3 is 1. The minimum Gasteiger partial charge on any atom is -0.497 e. The molecule has 5 heteroatoms. The van der Waals surface area contributed by atoms with E-state index in [9.17, 15) is 0 Å². The Morgan fingerprint density at radius 2 is 2.40 bits per heavy atom. The second-order valence-corrected chi connectivity index (χ2v) is 5.13. The van der Waals surface area contributed by atoms with Crippen molar-refractivity contribution in [3.05, 3.63) is 29.8 Å². The first-order chi connectivity index (χ1) is 9.76. The number of hydrogen-bond donors (Lipinski definition) is 2. The predicted molar refractivity (Wildman–Crippen MR) is 79.7 cm³/mol. The molecule has 1 aromatic rings. The van der Waals surface area contributed by atoms with E-state index >= 15 is 0 Å². The van der Waals surface area contributed by atoms with E-state index < -0.39 is 0 Å². The highest BCUT2D eigenvalue weighted by molar-refractivity contribution is 5.29. The lowest BCUT2D eigenvalue weighted by Crippen LogP contribution is -2.54. The maximum atomic E-state index is 5.88. The maximum Gasteiger partial charge on any atom is 0.119 e. The number of benzene rings is 1. The van der Waals surface area contributed by atoms with Gasteiger partial charge in [-0.15, -0.1) is 0 Å². The Bertz CT molecular complexity index is 414. The Morgan fingerprint density at radius 3 is 3.10 bits per heavy atom. The van der Waals surface area contributed by atoms with Crippen molar-refractivity contribution >= 4 is 0 Å². The first-order valence-corrected chi connectivity index (χ1v) is 7.19. The Hall–Kier alpha value is -1.14. The number of rotatable bonds is 6. The molecular weight excluding hydrogens is 254 g/mol. The highest BCUT2D eigenvalue weighted by Crippen LogP contribution is 2.17. The van der Waals surface area contributed by atoms with Crippen molar-refractivity contribution < 1.29 is 9.47 Å². The molecule has 2 atom stereocenters. The van der Waals surface area contributed by atoms with Crippen molar-refractivity contribution in [3.8, 4) is 5.75 Å². The van der Waals surface area contributed by atoms with Crippen molar-refractivity contribution in [3.63, 3.8) is 0 Å². The smallest absolute Gasteiger partial charge is 0.119 e. The number of nitrogens with zero attached hydrogens (tertiary/aromatic N) is 1. The first-order valence-electron chi connectivity index (χ1n) is 7.19. The van der Waals surface area contributed by atoms with Gasteiger partial charge < -0.3 is 9.47 Å². The van der Waals surface area contributed by atoms with Gasteiger partial charge in [-0.05, 0) is 30.7 Å². The largest absolute Gasteiger partial charge is 0.497 e. The van der Waals surface area contributed by atoms with Crippen LogP contribution in [-0.2, 0) is 11.2 Å². The topological polar surface area (TPSA) is 59.8 Å². The first kappa shape index (κ1) is 15.3. The summed E-state index contributed by atoms with van der Waals surface area (Å²) < 4.78 is 11.1. The molecule has 1 aliphatic rings. The molecule has 0 aromatic heterocycles. The number of ether oxygens (including phenoxy) is 2. The summed E-state index contributed by atoms with van der Waals surface area (Å²) in [5, 5.41) is 0. The second-order valence-electron chi connectivity index (χ2n) is 5.13. The fourth-order valence-corrected chi connectivity index (χ4v) is 2.61. The molecule has 2 rings (SSSR count). The molecule has 0 aliphatic carbocycles. The van der Waals surface area contributed by atoms with Crippen molar-refractivity contribution in [1.29, 1.82) is 0 Å². The molecule has 0 bridgehead atoms. The molecule has 112 valence electrons. The highest BCUT2D eigenvalue weighted by atomic mass is 16.5. The van der Waals surface area contributed by atoms with Crippen LogP contribution in [0.5, 0.6) is 5.75 Å². The molecule has 1 aromatic carbocycles. The molecule has 20 heavy (non-hydrogen) atoms. The SMILES string of the molecule is CCN1CCOC(C(Cc2cccc(OC)c2)NN)C1. The van der Waals surface area contributed by atoms with Crippen LogP contribution in [0.2, 0.25) is 0 Å². The Balaban J connectivity index is 2.00. The Kier molecular flexibility index (Phi) is 5.79. The van der Waals surface area contributed by atoms with Crippen LogP contribution >= 0.6 is 0 Å². The lowest BCUT2D eigenvalue weighted by molar-refractivity contribution is -0.0448. The van der Waals surface area contributed by atoms with Crippen LogP contribution in [0.3, 0.4) is 0 Å². The summed E-state index contributed by atoms with van der Waals surface area (Å²) in [6, 6.07) is 8.20. The van der Waals surface area contributed by atoms with Gasteiger partial charge in [-0.1, -0.05) is 19.1 Å². The molecule has 0 radical (unpaired) electrons. The van der Waals surface area contributed by atoms with E-state index in [2.05, 4.69) is 23.3 Å². The molecule has 0 saturated carbocycles. The summed E-state index contributed by atoms with van der Waals surface area (Å²) in [6.07, 6.45) is 0.954. The molecule has 1 fully saturated rings. The summed E-state index contributed by atoms with van der Waals surface area (Å²) in [7, 11) is 1.68. The average Bonchev–Trinajstić information content (AvgIpc) is 2.52. The fourth-order valence-electron chi connectivity index (χ4n) is 2.61. The summed E-state index contributed by atoms with van der Waals surface area (Å²) in [5.74, 6) is 6.60. The van der Waals surface area contributed by atoms with Crippen LogP contribution in [0.1, 0.15) is 12.5 Å². The van der Waals surface area contributed by atoms with Gasteiger partial charge in [0.15, 0.2) is 0 Å². The molecule has 1 aliphatic heterocycles. The number of nitrogens with two attached hydrogens (primary N) is 1. The van der Waals surface area contributed by atoms with E-state index in [0.29, 0.717) is 0 Å². The normalized spacial score (nSPS) is 21.6. The lowest BCUT2D eigenvalue weighted by atomic mass is 10.0. The van der Waals surface area contributed by atoms with Crippen molar-refractivity contribution in [1.82, 2.24) is 10.3 Å². The van der Waals surface area contributed by atoms with Crippen LogP contribution in [0.4, 0.5) is 0 Å². The van der Waals surface area contributed by atoms with Gasteiger partial charge in [0.1, 0.15) is 5.75 Å². The second kappa shape index (κ2) is 7.59. The van der Waals surface area contributed by atoms with E-state index in [0.717, 1.165) is 38.4 Å². The summed E-state index contributed by atoms with van der Waals surface area (Å²) in [6.45, 7) is 5.93. The minimum absolute atomic E-state index is 0.108. The summed E-state index contributed by atoms with van der Waals surface area (Å²) in [5.41, 5.74) is 4.11. The lowest BCUT2D eigenvalue weighted by Gasteiger charge is -2.36. The van der Waals surface area contributed by atoms with Crippen LogP contribution in [-0.4, -0.2) is 50.4 Å². The monoisotopic (exact) mass is 279 g/mol. The third kappa shape index (κ3) is 3.93. The van der Waals surface area contributed by atoms with Gasteiger partial charge >= 0.3 is 0 Å². The van der Waals surface area contributed by atoms with E-state index in [1.807, 2.05) is 18.2 Å². The van der Waals surface area contributed by atoms with Gasteiger partial charge in [-0.3, -0.25) is 16.2 Å². The number of likely N-dealkylation sites (N-methyl/N-ethyl adjacent to an activating group) is 1. The number of hydrogen-bond acceptors (Lipinski definition) is 5. The molecule has 0 spiro atoms. The zero-order valence-electron chi connectivity index (χ0n) is 12.3. The summed E-state index contributed by atoms with van der Waals surface area (Å²) >= 11 is 0. The molecule has 2 unspecified atom stereocenters. The number of nitrogens with one attached hydrogen (secondary N) is 1. The van der Waals surface area contributed by atoms with Crippen LogP contribution in [0.25, 0.3) is 0 Å². The predicted octanol–water partition coefficient (Wildman–Crippen LogP) is 0.790. The van der Waals surface area contributed by atoms with Gasteiger partial charge in [0.25, 0.3) is 0 Å². The van der Waals surface area contributed by atoms with Gasteiger partial charge in [0, 0.05) is 13.1 Å². The van der Waals surface area contributed by atoms with Crippen molar-refractivity contribution in [2.75, 3.05) is 33.4 Å². The van der Waals surface area contributed by atoms with E-state index in [1.165, 1.54) is 5.56 Å². The van der Waals surface area contributed by atoms with E-state index in [1.54, 1.807) is 7.11 Å². The molecule has 1 saturated heterocycles. The molecule has 0 amide bonds. The molecule has 5 nitrogen and oxygen atoms in total. The van der Waals surface area contributed by atoms with Crippen LogP contribution < -0.4 is 16.0 Å². The minimum atomic E-state index is 0.108.